The first kappa shape index (κ1) is 34.2. The van der Waals surface area contributed by atoms with Gasteiger partial charge in [-0.05, 0) is 0 Å². The number of hydrogen-bond donors (Lipinski definition) is 0. The van der Waals surface area contributed by atoms with E-state index in [-0.39, 0.29) is 0 Å². The molecule has 0 aliphatic rings. The number of carboxylic acids is 1. The average Bonchev–Trinajstić information content (AvgIpc) is 2.63. The minimum atomic E-state index is -8.79. The summed E-state index contributed by atoms with van der Waals surface area (Å²) in [7, 11) is 1.57. The Labute approximate surface area is 188 Å². The zero-order valence-corrected chi connectivity index (χ0v) is 17.3. The maximum absolute atomic E-state index is 13.8. The highest BCUT2D eigenvalue weighted by Crippen LogP contribution is 2.64. The van der Waals surface area contributed by atoms with E-state index in [0.29, 0.717) is 0 Å². The Hall–Kier alpha value is -1.83. The molecule has 0 amide bonds. The van der Waals surface area contributed by atoms with E-state index in [2.05, 4.69) is 0 Å². The van der Waals surface area contributed by atoms with Crippen molar-refractivity contribution in [2.45, 2.75) is 60.2 Å². The molecule has 36 heavy (non-hydrogen) atoms. The van der Waals surface area contributed by atoms with E-state index in [4.69, 9.17) is 0 Å². The fourth-order valence-electron chi connectivity index (χ4n) is 2.45. The van der Waals surface area contributed by atoms with Crippen molar-refractivity contribution in [1.82, 2.24) is 0 Å². The highest BCUT2D eigenvalue weighted by molar-refractivity contribution is 5.65. The molecule has 0 bridgehead atoms. The quantitative estimate of drug-likeness (QED) is 0.251. The Morgan fingerprint density at radius 3 is 1.25 bits per heavy atom. The number of carboxylic acid groups (broad SMARTS) is 1. The zero-order chi connectivity index (χ0) is 29.8. The molecule has 0 aromatic carbocycles. The third-order valence-electron chi connectivity index (χ3n) is 4.68. The molecule has 21 heteroatoms. The Morgan fingerprint density at radius 1 is 0.639 bits per heavy atom. The molecule has 0 N–H and O–H groups in total. The lowest BCUT2D eigenvalue weighted by Gasteiger charge is -2.43. The molecular weight excluding hydrogens is 568 g/mol. The van der Waals surface area contributed by atoms with E-state index in [9.17, 15) is 88.9 Å². The fraction of sp³-hybridized carbons (Fsp3) is 0.933. The van der Waals surface area contributed by atoms with Crippen LogP contribution < -0.4 is 5.11 Å². The van der Waals surface area contributed by atoms with Gasteiger partial charge < -0.3 is 14.4 Å². The first-order valence-electron chi connectivity index (χ1n) is 8.67. The molecule has 0 saturated carbocycles. The number of halogens is 18. The van der Waals surface area contributed by atoms with Crippen LogP contribution in [-0.4, -0.2) is 91.4 Å². The van der Waals surface area contributed by atoms with Gasteiger partial charge in [-0.15, -0.1) is 0 Å². The number of alkyl halides is 18. The normalized spacial score (nSPS) is 16.8. The van der Waals surface area contributed by atoms with Crippen molar-refractivity contribution >= 4 is 5.97 Å². The van der Waals surface area contributed by atoms with Gasteiger partial charge in [-0.2, -0.15) is 74.6 Å². The van der Waals surface area contributed by atoms with E-state index >= 15 is 0 Å². The van der Waals surface area contributed by atoms with Gasteiger partial charge in [0.15, 0.2) is 6.17 Å². The molecule has 0 aliphatic carbocycles. The number of rotatable bonds is 12. The highest BCUT2D eigenvalue weighted by Gasteiger charge is 2.95. The predicted molar refractivity (Wildman–Crippen MR) is 77.0 cm³/mol. The van der Waals surface area contributed by atoms with Gasteiger partial charge >= 0.3 is 47.6 Å². The average molecular weight is 581 g/mol. The molecule has 216 valence electrons. The van der Waals surface area contributed by atoms with Crippen molar-refractivity contribution < 1.29 is 93.4 Å². The first-order valence-corrected chi connectivity index (χ1v) is 8.67. The number of quaternary nitrogens is 1. The largest absolute Gasteiger partial charge is 0.544 e. The molecule has 0 saturated heterocycles. The predicted octanol–water partition coefficient (Wildman–Crippen LogP) is 4.55. The monoisotopic (exact) mass is 581 g/mol. The molecule has 3 nitrogen and oxygen atoms in total. The molecule has 0 aliphatic heterocycles. The highest BCUT2D eigenvalue weighted by atomic mass is 19.4. The van der Waals surface area contributed by atoms with Crippen LogP contribution in [0.5, 0.6) is 0 Å². The Morgan fingerprint density at radius 2 is 0.944 bits per heavy atom. The summed E-state index contributed by atoms with van der Waals surface area (Å²) in [5.74, 6) is -60.3. The third-order valence-corrected chi connectivity index (χ3v) is 4.68. The minimum Gasteiger partial charge on any atom is -0.544 e. The third kappa shape index (κ3) is 5.11. The Kier molecular flexibility index (Phi) is 8.71. The van der Waals surface area contributed by atoms with Crippen molar-refractivity contribution in [2.24, 2.45) is 0 Å². The Balaban J connectivity index is 6.48. The molecule has 0 fully saturated rings. The lowest BCUT2D eigenvalue weighted by molar-refractivity contribution is -0.885. The number of carbonyl (C=O) groups is 1. The maximum atomic E-state index is 13.8. The van der Waals surface area contributed by atoms with Gasteiger partial charge in [0.1, 0.15) is 6.54 Å². The Bertz CT molecular complexity index is 803. The summed E-state index contributed by atoms with van der Waals surface area (Å²) in [6.45, 7) is -2.44. The van der Waals surface area contributed by atoms with Crippen LogP contribution in [0.1, 0.15) is 6.42 Å². The second kappa shape index (κ2) is 9.17. The molecule has 0 radical (unpaired) electrons. The van der Waals surface area contributed by atoms with Crippen molar-refractivity contribution in [3.8, 4) is 0 Å². The van der Waals surface area contributed by atoms with E-state index in [0.717, 1.165) is 14.1 Å². The summed E-state index contributed by atoms with van der Waals surface area (Å²) < 4.78 is 236. The molecule has 1 atom stereocenters. The maximum Gasteiger partial charge on any atom is 0.460 e. The smallest absolute Gasteiger partial charge is 0.460 e. The van der Waals surface area contributed by atoms with Gasteiger partial charge in [0, 0.05) is 6.42 Å². The second-order valence-electron chi connectivity index (χ2n) is 8.01. The van der Waals surface area contributed by atoms with Crippen molar-refractivity contribution in [3.05, 3.63) is 0 Å². The summed E-state index contributed by atoms with van der Waals surface area (Å²) in [5, 5.41) is 10.4. The summed E-state index contributed by atoms with van der Waals surface area (Å²) in [5.41, 5.74) is 0. The molecule has 0 aromatic heterocycles. The van der Waals surface area contributed by atoms with Crippen LogP contribution in [0, 0.1) is 0 Å². The van der Waals surface area contributed by atoms with Gasteiger partial charge in [0.2, 0.25) is 0 Å². The number of carbonyl (C=O) groups excluding carboxylic acids is 1. The van der Waals surface area contributed by atoms with E-state index in [1.54, 1.807) is 0 Å². The number of likely N-dealkylation sites (N-methyl/N-ethyl adjacent to an activating group) is 1. The van der Waals surface area contributed by atoms with Crippen LogP contribution in [0.4, 0.5) is 79.0 Å². The molecule has 0 rings (SSSR count). The van der Waals surface area contributed by atoms with E-state index in [1.807, 2.05) is 0 Å². The van der Waals surface area contributed by atoms with Crippen LogP contribution in [0.3, 0.4) is 0 Å². The van der Waals surface area contributed by atoms with Gasteiger partial charge in [0.05, 0.1) is 26.6 Å². The zero-order valence-electron chi connectivity index (χ0n) is 17.3. The number of hydrogen-bond acceptors (Lipinski definition) is 2. The van der Waals surface area contributed by atoms with Crippen LogP contribution in [0.15, 0.2) is 0 Å². The van der Waals surface area contributed by atoms with E-state index in [1.165, 1.54) is 0 Å². The van der Waals surface area contributed by atoms with Gasteiger partial charge in [-0.1, -0.05) is 0 Å². The molecular formula is C15H13F18NO2. The summed E-state index contributed by atoms with van der Waals surface area (Å²) in [6.07, 6.45) is -14.7. The van der Waals surface area contributed by atoms with Gasteiger partial charge in [-0.3, -0.25) is 0 Å². The van der Waals surface area contributed by atoms with Crippen LogP contribution >= 0.6 is 0 Å². The lowest BCUT2D eigenvalue weighted by atomic mass is 9.87. The number of aliphatic carboxylic acids is 1. The molecule has 0 heterocycles. The van der Waals surface area contributed by atoms with Gasteiger partial charge in [0.25, 0.3) is 0 Å². The second-order valence-corrected chi connectivity index (χ2v) is 8.01. The standard InChI is InChI=1S/C15H13F18NO2/c1-34(2,5-7(35)36)4-3-6(16)8(17,18)9(19,20)10(21,22)11(23,24)12(25,26)13(27,28)14(29,30)15(31,32)33/h6H,3-5H2,1-2H3. The van der Waals surface area contributed by atoms with Gasteiger partial charge in [-0.25, -0.2) is 4.39 Å². The minimum absolute atomic E-state index is 0.783. The topological polar surface area (TPSA) is 40.1 Å². The molecule has 0 aromatic rings. The molecule has 1 unspecified atom stereocenters. The van der Waals surface area contributed by atoms with Crippen LogP contribution in [0.25, 0.3) is 0 Å². The summed E-state index contributed by atoms with van der Waals surface area (Å²) in [6, 6.07) is 0. The van der Waals surface area contributed by atoms with E-state index < -0.39 is 83.8 Å². The van der Waals surface area contributed by atoms with Crippen LogP contribution in [0.2, 0.25) is 0 Å². The van der Waals surface area contributed by atoms with Crippen molar-refractivity contribution in [3.63, 3.8) is 0 Å². The lowest BCUT2D eigenvalue weighted by Crippen LogP contribution is -2.75. The SMILES string of the molecule is C[N+](C)(CCC(F)C(F)(F)C(F)(F)C(F)(F)C(F)(F)C(F)(F)C(F)(F)C(F)(F)C(F)(F)F)CC(=O)[O-]. The summed E-state index contributed by atoms with van der Waals surface area (Å²) >= 11 is 0. The van der Waals surface area contributed by atoms with Crippen molar-refractivity contribution in [1.29, 1.82) is 0 Å². The summed E-state index contributed by atoms with van der Waals surface area (Å²) in [4.78, 5) is 10.4. The molecule has 0 spiro atoms. The fourth-order valence-corrected chi connectivity index (χ4v) is 2.45. The van der Waals surface area contributed by atoms with Crippen molar-refractivity contribution in [2.75, 3.05) is 27.2 Å². The number of nitrogens with zero attached hydrogens (tertiary/aromatic N) is 1. The first-order chi connectivity index (χ1) is 15.3. The van der Waals surface area contributed by atoms with Crippen LogP contribution in [-0.2, 0) is 4.79 Å².